The lowest BCUT2D eigenvalue weighted by atomic mass is 10.1. The van der Waals surface area contributed by atoms with Crippen molar-refractivity contribution in [3.63, 3.8) is 0 Å². The molecule has 2 heterocycles. The summed E-state index contributed by atoms with van der Waals surface area (Å²) in [6.45, 7) is 3.61. The van der Waals surface area contributed by atoms with Gasteiger partial charge in [-0.3, -0.25) is 0 Å². The minimum Gasteiger partial charge on any atom is -0.387 e. The molecule has 4 nitrogen and oxygen atoms in total. The molecule has 2 saturated heterocycles. The number of rotatable bonds is 1. The van der Waals surface area contributed by atoms with E-state index in [1.807, 2.05) is 0 Å². The molecule has 5 heteroatoms. The predicted molar refractivity (Wildman–Crippen MR) is 48.6 cm³/mol. The molecule has 2 fully saturated rings. The molecule has 13 heavy (non-hydrogen) atoms. The van der Waals surface area contributed by atoms with Crippen molar-refractivity contribution in [2.45, 2.75) is 44.2 Å². The van der Waals surface area contributed by atoms with Crippen LogP contribution in [0.3, 0.4) is 0 Å². The maximum Gasteiger partial charge on any atom is 0.190 e. The van der Waals surface area contributed by atoms with Crippen LogP contribution >= 0.6 is 12.6 Å². The lowest BCUT2D eigenvalue weighted by Gasteiger charge is -2.21. The highest BCUT2D eigenvalue weighted by molar-refractivity contribution is 7.80. The number of aliphatic hydroxyl groups is 1. The van der Waals surface area contributed by atoms with Crippen LogP contribution in [0.25, 0.3) is 0 Å². The van der Waals surface area contributed by atoms with Crippen molar-refractivity contribution in [3.8, 4) is 0 Å². The minimum atomic E-state index is -0.655. The van der Waals surface area contributed by atoms with Crippen molar-refractivity contribution in [1.82, 2.24) is 0 Å². The number of ether oxygens (including phenoxy) is 3. The predicted octanol–water partition coefficient (Wildman–Crippen LogP) is 0.153. The molecule has 0 saturated carbocycles. The Labute approximate surface area is 82.6 Å². The number of fused-ring (bicyclic) bond motifs is 1. The van der Waals surface area contributed by atoms with Crippen molar-refractivity contribution >= 4 is 12.6 Å². The number of aliphatic hydroxyl groups excluding tert-OH is 1. The minimum absolute atomic E-state index is 0.283. The topological polar surface area (TPSA) is 47.9 Å². The van der Waals surface area contributed by atoms with Crippen LogP contribution in [0.15, 0.2) is 0 Å². The van der Waals surface area contributed by atoms with Gasteiger partial charge in [0.25, 0.3) is 0 Å². The van der Waals surface area contributed by atoms with E-state index in [0.29, 0.717) is 5.75 Å². The highest BCUT2D eigenvalue weighted by atomic mass is 32.1. The van der Waals surface area contributed by atoms with Gasteiger partial charge < -0.3 is 19.3 Å². The first-order chi connectivity index (χ1) is 6.03. The molecule has 2 aliphatic heterocycles. The van der Waals surface area contributed by atoms with Gasteiger partial charge in [-0.05, 0) is 13.8 Å². The Bertz CT molecular complexity index is 208. The van der Waals surface area contributed by atoms with E-state index in [1.165, 1.54) is 0 Å². The zero-order chi connectivity index (χ0) is 9.64. The average Bonchev–Trinajstić information content (AvgIpc) is 2.47. The maximum atomic E-state index is 9.71. The van der Waals surface area contributed by atoms with E-state index < -0.39 is 18.2 Å². The molecule has 2 aliphatic rings. The first-order valence-electron chi connectivity index (χ1n) is 4.33. The van der Waals surface area contributed by atoms with Gasteiger partial charge in [0, 0.05) is 5.75 Å². The zero-order valence-electron chi connectivity index (χ0n) is 7.64. The second kappa shape index (κ2) is 3.10. The highest BCUT2D eigenvalue weighted by Crippen LogP contribution is 2.37. The van der Waals surface area contributed by atoms with Gasteiger partial charge in [0.15, 0.2) is 12.1 Å². The van der Waals surface area contributed by atoms with E-state index in [0.717, 1.165) is 0 Å². The lowest BCUT2D eigenvalue weighted by molar-refractivity contribution is -0.211. The molecular weight excluding hydrogens is 192 g/mol. The van der Waals surface area contributed by atoms with Crippen LogP contribution in [0.4, 0.5) is 0 Å². The Morgan fingerprint density at radius 1 is 1.38 bits per heavy atom. The number of hydrogen-bond donors (Lipinski definition) is 2. The van der Waals surface area contributed by atoms with E-state index in [-0.39, 0.29) is 12.2 Å². The van der Waals surface area contributed by atoms with Crippen molar-refractivity contribution in [2.24, 2.45) is 0 Å². The summed E-state index contributed by atoms with van der Waals surface area (Å²) in [7, 11) is 0. The Kier molecular flexibility index (Phi) is 2.32. The fourth-order valence-corrected chi connectivity index (χ4v) is 2.01. The Hall–Kier alpha value is 0.190. The third-order valence-electron chi connectivity index (χ3n) is 2.29. The van der Waals surface area contributed by atoms with Gasteiger partial charge in [-0.15, -0.1) is 0 Å². The quantitative estimate of drug-likeness (QED) is 0.600. The Morgan fingerprint density at radius 3 is 2.62 bits per heavy atom. The normalized spacial score (nSPS) is 48.0. The molecule has 0 aliphatic carbocycles. The van der Waals surface area contributed by atoms with Gasteiger partial charge in [0.1, 0.15) is 12.2 Å². The van der Waals surface area contributed by atoms with Crippen LogP contribution < -0.4 is 0 Å². The van der Waals surface area contributed by atoms with Gasteiger partial charge in [-0.25, -0.2) is 0 Å². The van der Waals surface area contributed by atoms with Crippen molar-refractivity contribution in [3.05, 3.63) is 0 Å². The fourth-order valence-electron chi connectivity index (χ4n) is 1.71. The van der Waals surface area contributed by atoms with Crippen LogP contribution in [0.1, 0.15) is 13.8 Å². The summed E-state index contributed by atoms with van der Waals surface area (Å²) in [5.74, 6) is -0.181. The highest BCUT2D eigenvalue weighted by Gasteiger charge is 2.53. The third kappa shape index (κ3) is 1.59. The Morgan fingerprint density at radius 2 is 2.08 bits per heavy atom. The molecule has 4 atom stereocenters. The van der Waals surface area contributed by atoms with Gasteiger partial charge in [0.05, 0.1) is 6.10 Å². The third-order valence-corrected chi connectivity index (χ3v) is 2.65. The zero-order valence-corrected chi connectivity index (χ0v) is 8.53. The van der Waals surface area contributed by atoms with E-state index in [1.54, 1.807) is 13.8 Å². The van der Waals surface area contributed by atoms with Crippen molar-refractivity contribution < 1.29 is 19.3 Å². The van der Waals surface area contributed by atoms with Gasteiger partial charge >= 0.3 is 0 Å². The van der Waals surface area contributed by atoms with Crippen LogP contribution in [-0.4, -0.2) is 41.2 Å². The smallest absolute Gasteiger partial charge is 0.190 e. The molecule has 0 amide bonds. The second-order valence-corrected chi connectivity index (χ2v) is 4.18. The summed E-state index contributed by atoms with van der Waals surface area (Å²) in [6, 6.07) is 0. The molecule has 0 aromatic rings. The van der Waals surface area contributed by atoms with Gasteiger partial charge in [0.2, 0.25) is 0 Å². The van der Waals surface area contributed by atoms with Crippen LogP contribution in [0.2, 0.25) is 0 Å². The largest absolute Gasteiger partial charge is 0.387 e. The van der Waals surface area contributed by atoms with E-state index >= 15 is 0 Å². The monoisotopic (exact) mass is 206 g/mol. The first kappa shape index (κ1) is 9.73. The van der Waals surface area contributed by atoms with E-state index in [4.69, 9.17) is 14.2 Å². The molecule has 0 aromatic carbocycles. The summed E-state index contributed by atoms with van der Waals surface area (Å²) in [5, 5.41) is 9.71. The SMILES string of the molecule is CC1(C)OC2OC(CS)C(O)C2O1. The molecule has 4 unspecified atom stereocenters. The lowest BCUT2D eigenvalue weighted by Crippen LogP contribution is -2.35. The maximum absolute atomic E-state index is 9.71. The van der Waals surface area contributed by atoms with Crippen LogP contribution in [0.5, 0.6) is 0 Å². The molecule has 0 radical (unpaired) electrons. The number of hydrogen-bond acceptors (Lipinski definition) is 5. The summed E-state index contributed by atoms with van der Waals surface area (Å²) in [4.78, 5) is 0. The van der Waals surface area contributed by atoms with Crippen molar-refractivity contribution in [2.75, 3.05) is 5.75 Å². The molecule has 0 spiro atoms. The number of thiol groups is 1. The molecule has 0 bridgehead atoms. The van der Waals surface area contributed by atoms with Crippen LogP contribution in [-0.2, 0) is 14.2 Å². The molecule has 1 N–H and O–H groups in total. The Balaban J connectivity index is 2.07. The van der Waals surface area contributed by atoms with E-state index in [2.05, 4.69) is 12.6 Å². The molecular formula is C8H14O4S. The van der Waals surface area contributed by atoms with Gasteiger partial charge in [-0.1, -0.05) is 0 Å². The standard InChI is InChI=1S/C8H14O4S/c1-8(2)11-6-5(9)4(3-13)10-7(6)12-8/h4-7,9,13H,3H2,1-2H3. The van der Waals surface area contributed by atoms with Gasteiger partial charge in [-0.2, -0.15) is 12.6 Å². The average molecular weight is 206 g/mol. The molecule has 0 aromatic heterocycles. The van der Waals surface area contributed by atoms with Crippen molar-refractivity contribution in [1.29, 1.82) is 0 Å². The molecule has 76 valence electrons. The molecule has 2 rings (SSSR count). The summed E-state index contributed by atoms with van der Waals surface area (Å²) in [6.07, 6.45) is -1.73. The summed E-state index contributed by atoms with van der Waals surface area (Å²) < 4.78 is 16.3. The van der Waals surface area contributed by atoms with Crippen LogP contribution in [0, 0.1) is 0 Å². The first-order valence-corrected chi connectivity index (χ1v) is 4.97. The van der Waals surface area contributed by atoms with E-state index in [9.17, 15) is 5.11 Å². The second-order valence-electron chi connectivity index (χ2n) is 3.82. The fraction of sp³-hybridized carbons (Fsp3) is 1.00. The summed E-state index contributed by atoms with van der Waals surface area (Å²) in [5.41, 5.74) is 0. The summed E-state index contributed by atoms with van der Waals surface area (Å²) >= 11 is 4.07.